The molecule has 100 valence electrons. The third-order valence-electron chi connectivity index (χ3n) is 3.43. The van der Waals surface area contributed by atoms with Gasteiger partial charge in [-0.15, -0.1) is 11.3 Å². The Balaban J connectivity index is 1.79. The molecule has 1 aliphatic rings. The highest BCUT2D eigenvalue weighted by atomic mass is 79.9. The number of aliphatic hydroxyl groups excluding tert-OH is 1. The molecule has 1 aromatic heterocycles. The van der Waals surface area contributed by atoms with E-state index in [0.29, 0.717) is 6.61 Å². The zero-order valence-corrected chi connectivity index (χ0v) is 12.8. The summed E-state index contributed by atoms with van der Waals surface area (Å²) >= 11 is 5.14. The van der Waals surface area contributed by atoms with Gasteiger partial charge in [-0.05, 0) is 64.5 Å². The lowest BCUT2D eigenvalue weighted by Crippen LogP contribution is -2.10. The van der Waals surface area contributed by atoms with Crippen molar-refractivity contribution in [2.75, 3.05) is 0 Å². The van der Waals surface area contributed by atoms with E-state index in [1.165, 1.54) is 10.4 Å². The van der Waals surface area contributed by atoms with E-state index in [0.717, 1.165) is 34.4 Å². The Bertz CT molecular complexity index is 579. The molecule has 1 aliphatic carbocycles. The number of fused-ring (bicyclic) bond motifs is 1. The first-order valence-electron chi connectivity index (χ1n) is 6.41. The Morgan fingerprint density at radius 3 is 3.00 bits per heavy atom. The predicted molar refractivity (Wildman–Crippen MR) is 80.7 cm³/mol. The van der Waals surface area contributed by atoms with Gasteiger partial charge in [0.05, 0.1) is 9.89 Å². The van der Waals surface area contributed by atoms with Gasteiger partial charge in [-0.25, -0.2) is 0 Å². The van der Waals surface area contributed by atoms with Crippen LogP contribution in [0, 0.1) is 0 Å². The largest absolute Gasteiger partial charge is 0.488 e. The smallest absolute Gasteiger partial charge is 0.123 e. The summed E-state index contributed by atoms with van der Waals surface area (Å²) in [6, 6.07) is 10.1. The van der Waals surface area contributed by atoms with Gasteiger partial charge in [0.1, 0.15) is 12.4 Å². The second-order valence-electron chi connectivity index (χ2n) is 4.73. The van der Waals surface area contributed by atoms with Crippen LogP contribution in [0.4, 0.5) is 0 Å². The van der Waals surface area contributed by atoms with Crippen molar-refractivity contribution in [3.05, 3.63) is 50.1 Å². The highest BCUT2D eigenvalue weighted by molar-refractivity contribution is 9.11. The van der Waals surface area contributed by atoms with Crippen LogP contribution in [-0.4, -0.2) is 5.11 Å². The zero-order valence-electron chi connectivity index (χ0n) is 10.4. The average Bonchev–Trinajstić information content (AvgIpc) is 2.83. The van der Waals surface area contributed by atoms with Crippen LogP contribution in [0.3, 0.4) is 0 Å². The number of halogens is 1. The summed E-state index contributed by atoms with van der Waals surface area (Å²) in [6.07, 6.45) is 2.55. The van der Waals surface area contributed by atoms with Gasteiger partial charge < -0.3 is 9.84 Å². The highest BCUT2D eigenvalue weighted by Crippen LogP contribution is 2.35. The van der Waals surface area contributed by atoms with Crippen LogP contribution in [-0.2, 0) is 13.0 Å². The van der Waals surface area contributed by atoms with Gasteiger partial charge in [-0.3, -0.25) is 0 Å². The molecule has 4 heteroatoms. The molecule has 0 fully saturated rings. The molecule has 0 radical (unpaired) electrons. The Labute approximate surface area is 125 Å². The van der Waals surface area contributed by atoms with Crippen LogP contribution in [0.2, 0.25) is 0 Å². The van der Waals surface area contributed by atoms with Crippen LogP contribution in [0.1, 0.15) is 34.9 Å². The molecule has 3 rings (SSSR count). The van der Waals surface area contributed by atoms with Crippen LogP contribution in [0.25, 0.3) is 0 Å². The standard InChI is InChI=1S/C15H15BrO2S/c16-15-8-7-10(19-15)9-18-14-6-2-3-11-12(14)4-1-5-13(11)17/h2-3,6-8,13,17H,1,4-5,9H2. The van der Waals surface area contributed by atoms with Crippen molar-refractivity contribution in [2.24, 2.45) is 0 Å². The molecule has 1 unspecified atom stereocenters. The monoisotopic (exact) mass is 338 g/mol. The van der Waals surface area contributed by atoms with E-state index in [4.69, 9.17) is 4.74 Å². The highest BCUT2D eigenvalue weighted by Gasteiger charge is 2.20. The first-order valence-corrected chi connectivity index (χ1v) is 8.02. The van der Waals surface area contributed by atoms with E-state index in [2.05, 4.69) is 22.0 Å². The molecule has 0 amide bonds. The fraction of sp³-hybridized carbons (Fsp3) is 0.333. The zero-order chi connectivity index (χ0) is 13.2. The minimum atomic E-state index is -0.330. The van der Waals surface area contributed by atoms with Gasteiger partial charge in [0, 0.05) is 4.88 Å². The minimum Gasteiger partial charge on any atom is -0.488 e. The third kappa shape index (κ3) is 2.86. The van der Waals surface area contributed by atoms with Gasteiger partial charge in [-0.2, -0.15) is 0 Å². The van der Waals surface area contributed by atoms with Crippen LogP contribution in [0.5, 0.6) is 5.75 Å². The number of aliphatic hydroxyl groups is 1. The maximum absolute atomic E-state index is 10.0. The molecule has 1 aromatic carbocycles. The van der Waals surface area contributed by atoms with Crippen LogP contribution >= 0.6 is 27.3 Å². The molecule has 0 saturated carbocycles. The number of ether oxygens (including phenoxy) is 1. The fourth-order valence-corrected chi connectivity index (χ4v) is 3.90. The summed E-state index contributed by atoms with van der Waals surface area (Å²) < 4.78 is 7.05. The van der Waals surface area contributed by atoms with Crippen molar-refractivity contribution in [3.63, 3.8) is 0 Å². The van der Waals surface area contributed by atoms with Gasteiger partial charge in [0.15, 0.2) is 0 Å². The van der Waals surface area contributed by atoms with Gasteiger partial charge >= 0.3 is 0 Å². The third-order valence-corrected chi connectivity index (χ3v) is 5.03. The Hall–Kier alpha value is -0.840. The number of rotatable bonds is 3. The summed E-state index contributed by atoms with van der Waals surface area (Å²) in [6.45, 7) is 0.586. The van der Waals surface area contributed by atoms with E-state index in [1.54, 1.807) is 11.3 Å². The minimum absolute atomic E-state index is 0.330. The molecule has 1 atom stereocenters. The van der Waals surface area contributed by atoms with Crippen molar-refractivity contribution in [1.29, 1.82) is 0 Å². The fourth-order valence-electron chi connectivity index (χ4n) is 2.50. The Morgan fingerprint density at radius 2 is 2.21 bits per heavy atom. The SMILES string of the molecule is OC1CCCc2c(OCc3ccc(Br)s3)cccc21. The van der Waals surface area contributed by atoms with Gasteiger partial charge in [-0.1, -0.05) is 12.1 Å². The Morgan fingerprint density at radius 1 is 1.32 bits per heavy atom. The summed E-state index contributed by atoms with van der Waals surface area (Å²) in [5, 5.41) is 10.0. The molecule has 0 aliphatic heterocycles. The molecule has 2 aromatic rings. The number of hydrogen-bond acceptors (Lipinski definition) is 3. The van der Waals surface area contributed by atoms with Crippen molar-refractivity contribution in [1.82, 2.24) is 0 Å². The summed E-state index contributed by atoms with van der Waals surface area (Å²) in [4.78, 5) is 1.20. The van der Waals surface area contributed by atoms with E-state index in [9.17, 15) is 5.11 Å². The lowest BCUT2D eigenvalue weighted by Gasteiger charge is -2.23. The van der Waals surface area contributed by atoms with E-state index in [1.807, 2.05) is 24.3 Å². The predicted octanol–water partition coefficient (Wildman–Crippen LogP) is 4.46. The maximum Gasteiger partial charge on any atom is 0.123 e. The molecular weight excluding hydrogens is 324 g/mol. The molecule has 2 nitrogen and oxygen atoms in total. The molecule has 0 spiro atoms. The number of benzene rings is 1. The number of hydrogen-bond donors (Lipinski definition) is 1. The lowest BCUT2D eigenvalue weighted by atomic mass is 9.89. The second kappa shape index (κ2) is 5.65. The second-order valence-corrected chi connectivity index (χ2v) is 7.27. The van der Waals surface area contributed by atoms with Crippen molar-refractivity contribution in [3.8, 4) is 5.75 Å². The average molecular weight is 339 g/mol. The van der Waals surface area contributed by atoms with Crippen molar-refractivity contribution >= 4 is 27.3 Å². The lowest BCUT2D eigenvalue weighted by molar-refractivity contribution is 0.155. The normalized spacial score (nSPS) is 18.1. The quantitative estimate of drug-likeness (QED) is 0.895. The van der Waals surface area contributed by atoms with Crippen LogP contribution in [0.15, 0.2) is 34.1 Å². The summed E-state index contributed by atoms with van der Waals surface area (Å²) in [7, 11) is 0. The van der Waals surface area contributed by atoms with E-state index in [-0.39, 0.29) is 6.10 Å². The molecule has 1 N–H and O–H groups in total. The van der Waals surface area contributed by atoms with E-state index >= 15 is 0 Å². The van der Waals surface area contributed by atoms with Gasteiger partial charge in [0.25, 0.3) is 0 Å². The number of thiophene rings is 1. The maximum atomic E-state index is 10.0. The molecule has 0 bridgehead atoms. The molecular formula is C15H15BrO2S. The summed E-state index contributed by atoms with van der Waals surface area (Å²) in [5.41, 5.74) is 2.22. The topological polar surface area (TPSA) is 29.5 Å². The molecule has 1 heterocycles. The van der Waals surface area contributed by atoms with Gasteiger partial charge in [0.2, 0.25) is 0 Å². The van der Waals surface area contributed by atoms with E-state index < -0.39 is 0 Å². The summed E-state index contributed by atoms with van der Waals surface area (Å²) in [5.74, 6) is 0.917. The molecule has 19 heavy (non-hydrogen) atoms. The molecule has 0 saturated heterocycles. The first kappa shape index (κ1) is 13.2. The van der Waals surface area contributed by atoms with Crippen LogP contribution < -0.4 is 4.74 Å². The van der Waals surface area contributed by atoms with Crippen molar-refractivity contribution < 1.29 is 9.84 Å². The Kier molecular flexibility index (Phi) is 3.91. The van der Waals surface area contributed by atoms with Crippen molar-refractivity contribution in [2.45, 2.75) is 32.0 Å². The first-order chi connectivity index (χ1) is 9.24.